The summed E-state index contributed by atoms with van der Waals surface area (Å²) in [6, 6.07) is -0.226. The summed E-state index contributed by atoms with van der Waals surface area (Å²) < 4.78 is 5.31. The molecule has 0 aromatic rings. The van der Waals surface area contributed by atoms with E-state index in [9.17, 15) is 9.59 Å². The Labute approximate surface area is 106 Å². The van der Waals surface area contributed by atoms with Crippen LogP contribution in [-0.2, 0) is 9.53 Å². The SMILES string of the molecule is O=C1C2C3CCCC3CN2C(=O)N1C1CCOC1. The maximum atomic E-state index is 12.5. The maximum Gasteiger partial charge on any atom is 0.327 e. The van der Waals surface area contributed by atoms with Crippen molar-refractivity contribution in [3.05, 3.63) is 0 Å². The summed E-state index contributed by atoms with van der Waals surface area (Å²) in [6.45, 7) is 1.98. The third-order valence-corrected chi connectivity index (χ3v) is 5.10. The molecule has 4 aliphatic rings. The van der Waals surface area contributed by atoms with Crippen LogP contribution in [-0.4, -0.2) is 53.6 Å². The van der Waals surface area contributed by atoms with E-state index in [0.717, 1.165) is 19.4 Å². The molecule has 5 heteroatoms. The van der Waals surface area contributed by atoms with Crippen molar-refractivity contribution in [2.75, 3.05) is 19.8 Å². The molecule has 1 saturated carbocycles. The van der Waals surface area contributed by atoms with Crippen molar-refractivity contribution in [2.24, 2.45) is 11.8 Å². The van der Waals surface area contributed by atoms with E-state index in [0.29, 0.717) is 25.0 Å². The van der Waals surface area contributed by atoms with Gasteiger partial charge in [-0.1, -0.05) is 6.42 Å². The number of urea groups is 1. The van der Waals surface area contributed by atoms with Gasteiger partial charge in [0.25, 0.3) is 5.91 Å². The molecule has 0 bridgehead atoms. The van der Waals surface area contributed by atoms with Gasteiger partial charge in [0.15, 0.2) is 0 Å². The first kappa shape index (κ1) is 10.8. The van der Waals surface area contributed by atoms with E-state index >= 15 is 0 Å². The zero-order valence-electron chi connectivity index (χ0n) is 10.4. The molecule has 3 aliphatic heterocycles. The van der Waals surface area contributed by atoms with Crippen LogP contribution in [0.3, 0.4) is 0 Å². The monoisotopic (exact) mass is 250 g/mol. The predicted molar refractivity (Wildman–Crippen MR) is 62.8 cm³/mol. The second kappa shape index (κ2) is 3.70. The van der Waals surface area contributed by atoms with Gasteiger partial charge >= 0.3 is 6.03 Å². The summed E-state index contributed by atoms with van der Waals surface area (Å²) in [7, 11) is 0. The fourth-order valence-electron chi connectivity index (χ4n) is 4.26. The average Bonchev–Trinajstić information content (AvgIpc) is 3.05. The van der Waals surface area contributed by atoms with Crippen LogP contribution in [0.15, 0.2) is 0 Å². The summed E-state index contributed by atoms with van der Waals surface area (Å²) in [5, 5.41) is 0. The van der Waals surface area contributed by atoms with Crippen LogP contribution in [0.2, 0.25) is 0 Å². The van der Waals surface area contributed by atoms with Gasteiger partial charge in [0.1, 0.15) is 6.04 Å². The standard InChI is InChI=1S/C13H18N2O3/c16-12-11-10-3-1-2-8(10)6-14(11)13(17)15(12)9-4-5-18-7-9/h8-11H,1-7H2. The fraction of sp³-hybridized carbons (Fsp3) is 0.846. The van der Waals surface area contributed by atoms with E-state index < -0.39 is 0 Å². The second-order valence-corrected chi connectivity index (χ2v) is 5.96. The zero-order chi connectivity index (χ0) is 12.3. The molecule has 5 nitrogen and oxygen atoms in total. The van der Waals surface area contributed by atoms with Crippen molar-refractivity contribution in [2.45, 2.75) is 37.8 Å². The Balaban J connectivity index is 1.62. The van der Waals surface area contributed by atoms with E-state index in [2.05, 4.69) is 0 Å². The molecule has 4 rings (SSSR count). The number of rotatable bonds is 1. The van der Waals surface area contributed by atoms with Crippen molar-refractivity contribution >= 4 is 11.9 Å². The third kappa shape index (κ3) is 1.25. The Morgan fingerprint density at radius 1 is 1.17 bits per heavy atom. The number of amides is 3. The molecule has 0 radical (unpaired) electrons. The lowest BCUT2D eigenvalue weighted by atomic mass is 9.93. The molecule has 0 N–H and O–H groups in total. The number of hydrogen-bond acceptors (Lipinski definition) is 3. The summed E-state index contributed by atoms with van der Waals surface area (Å²) in [4.78, 5) is 28.2. The maximum absolute atomic E-state index is 12.5. The molecule has 0 aromatic heterocycles. The highest BCUT2D eigenvalue weighted by molar-refractivity contribution is 6.05. The van der Waals surface area contributed by atoms with E-state index in [1.807, 2.05) is 4.90 Å². The Hall–Kier alpha value is -1.10. The van der Waals surface area contributed by atoms with Gasteiger partial charge in [0.2, 0.25) is 0 Å². The van der Waals surface area contributed by atoms with Gasteiger partial charge in [-0.3, -0.25) is 9.69 Å². The summed E-state index contributed by atoms with van der Waals surface area (Å²) in [5.74, 6) is 1.04. The van der Waals surface area contributed by atoms with Crippen molar-refractivity contribution in [1.29, 1.82) is 0 Å². The highest BCUT2D eigenvalue weighted by Gasteiger charge is 2.58. The minimum Gasteiger partial charge on any atom is -0.379 e. The summed E-state index contributed by atoms with van der Waals surface area (Å²) >= 11 is 0. The first-order valence-electron chi connectivity index (χ1n) is 6.99. The van der Waals surface area contributed by atoms with E-state index in [1.165, 1.54) is 17.7 Å². The molecule has 0 spiro atoms. The highest BCUT2D eigenvalue weighted by Crippen LogP contribution is 2.46. The fourth-order valence-corrected chi connectivity index (χ4v) is 4.26. The third-order valence-electron chi connectivity index (χ3n) is 5.10. The number of imide groups is 1. The number of ether oxygens (including phenoxy) is 1. The van der Waals surface area contributed by atoms with Gasteiger partial charge in [-0.15, -0.1) is 0 Å². The molecule has 1 aliphatic carbocycles. The lowest BCUT2D eigenvalue weighted by Crippen LogP contribution is -2.43. The van der Waals surface area contributed by atoms with Gasteiger partial charge in [0, 0.05) is 13.2 Å². The van der Waals surface area contributed by atoms with Gasteiger partial charge in [-0.25, -0.2) is 4.79 Å². The molecule has 18 heavy (non-hydrogen) atoms. The largest absolute Gasteiger partial charge is 0.379 e. The van der Waals surface area contributed by atoms with Crippen LogP contribution in [0, 0.1) is 11.8 Å². The van der Waals surface area contributed by atoms with Crippen LogP contribution in [0.5, 0.6) is 0 Å². The first-order chi connectivity index (χ1) is 8.77. The predicted octanol–water partition coefficient (Wildman–Crippen LogP) is 0.838. The summed E-state index contributed by atoms with van der Waals surface area (Å²) in [5.41, 5.74) is 0. The molecule has 4 fully saturated rings. The van der Waals surface area contributed by atoms with Gasteiger partial charge in [0.05, 0.1) is 12.6 Å². The lowest BCUT2D eigenvalue weighted by molar-refractivity contribution is -0.130. The van der Waals surface area contributed by atoms with Crippen molar-refractivity contribution in [1.82, 2.24) is 9.80 Å². The number of carbonyl (C=O) groups excluding carboxylic acids is 2. The molecule has 4 atom stereocenters. The van der Waals surface area contributed by atoms with E-state index in [1.54, 1.807) is 0 Å². The van der Waals surface area contributed by atoms with Crippen molar-refractivity contribution in [3.8, 4) is 0 Å². The molecule has 4 unspecified atom stereocenters. The van der Waals surface area contributed by atoms with Gasteiger partial charge in [-0.05, 0) is 31.1 Å². The van der Waals surface area contributed by atoms with E-state index in [-0.39, 0.29) is 24.0 Å². The van der Waals surface area contributed by atoms with Crippen LogP contribution in [0.4, 0.5) is 4.79 Å². The molecule has 3 heterocycles. The Morgan fingerprint density at radius 3 is 2.83 bits per heavy atom. The highest BCUT2D eigenvalue weighted by atomic mass is 16.5. The topological polar surface area (TPSA) is 49.9 Å². The smallest absolute Gasteiger partial charge is 0.327 e. The Morgan fingerprint density at radius 2 is 2.06 bits per heavy atom. The first-order valence-corrected chi connectivity index (χ1v) is 6.99. The molecule has 98 valence electrons. The van der Waals surface area contributed by atoms with Crippen molar-refractivity contribution < 1.29 is 14.3 Å². The molecular weight excluding hydrogens is 232 g/mol. The number of fused-ring (bicyclic) bond motifs is 3. The second-order valence-electron chi connectivity index (χ2n) is 5.96. The zero-order valence-corrected chi connectivity index (χ0v) is 10.4. The summed E-state index contributed by atoms with van der Waals surface area (Å²) in [6.07, 6.45) is 4.31. The van der Waals surface area contributed by atoms with Crippen LogP contribution >= 0.6 is 0 Å². The minimum absolute atomic E-state index is 0.0181. The van der Waals surface area contributed by atoms with Gasteiger partial charge < -0.3 is 9.64 Å². The van der Waals surface area contributed by atoms with Crippen LogP contribution < -0.4 is 0 Å². The average molecular weight is 250 g/mol. The quantitative estimate of drug-likeness (QED) is 0.648. The normalized spacial score (nSPS) is 42.9. The molecule has 0 aromatic carbocycles. The number of carbonyl (C=O) groups is 2. The Bertz CT molecular complexity index is 405. The van der Waals surface area contributed by atoms with Crippen LogP contribution in [0.25, 0.3) is 0 Å². The molecule has 3 amide bonds. The van der Waals surface area contributed by atoms with E-state index in [4.69, 9.17) is 4.74 Å². The Kier molecular flexibility index (Phi) is 2.22. The van der Waals surface area contributed by atoms with Crippen molar-refractivity contribution in [3.63, 3.8) is 0 Å². The van der Waals surface area contributed by atoms with Gasteiger partial charge in [-0.2, -0.15) is 0 Å². The minimum atomic E-state index is -0.148. The number of nitrogens with zero attached hydrogens (tertiary/aromatic N) is 2. The lowest BCUT2D eigenvalue weighted by Gasteiger charge is -2.22. The molecule has 3 saturated heterocycles. The van der Waals surface area contributed by atoms with Crippen LogP contribution in [0.1, 0.15) is 25.7 Å². The molecular formula is C13H18N2O3. The number of hydrogen-bond donors (Lipinski definition) is 0.